The van der Waals surface area contributed by atoms with Crippen LogP contribution in [-0.4, -0.2) is 46.8 Å². The van der Waals surface area contributed by atoms with Crippen molar-refractivity contribution in [2.75, 3.05) is 26.3 Å². The Hall–Kier alpha value is -2.09. The van der Waals surface area contributed by atoms with Crippen molar-refractivity contribution in [3.63, 3.8) is 0 Å². The van der Waals surface area contributed by atoms with Gasteiger partial charge >= 0.3 is 0 Å². The first kappa shape index (κ1) is 19.2. The lowest BCUT2D eigenvalue weighted by Gasteiger charge is -2.31. The van der Waals surface area contributed by atoms with Crippen LogP contribution in [0.25, 0.3) is 0 Å². The highest BCUT2D eigenvalue weighted by Gasteiger charge is 2.27. The predicted molar refractivity (Wildman–Crippen MR) is 105 cm³/mol. The van der Waals surface area contributed by atoms with E-state index in [9.17, 15) is 9.59 Å². The zero-order valence-corrected chi connectivity index (χ0v) is 16.6. The molecule has 1 aromatic heterocycles. The molecule has 2 aromatic rings. The van der Waals surface area contributed by atoms with Gasteiger partial charge in [0.05, 0.1) is 17.9 Å². The molecule has 2 aliphatic rings. The van der Waals surface area contributed by atoms with Gasteiger partial charge in [0, 0.05) is 24.6 Å². The van der Waals surface area contributed by atoms with Gasteiger partial charge in [0.1, 0.15) is 18.2 Å². The molecule has 0 saturated carbocycles. The second kappa shape index (κ2) is 8.11. The van der Waals surface area contributed by atoms with Crippen LogP contribution < -0.4 is 15.0 Å². The fourth-order valence-electron chi connectivity index (χ4n) is 3.50. The topological polar surface area (TPSA) is 73.7 Å². The number of ether oxygens (including phenoxy) is 2. The average Bonchev–Trinajstić information content (AvgIpc) is 2.74. The van der Waals surface area contributed by atoms with E-state index in [1.165, 1.54) is 10.9 Å². The van der Waals surface area contributed by atoms with Gasteiger partial charge in [-0.3, -0.25) is 14.5 Å². The molecule has 7 nitrogen and oxygen atoms in total. The van der Waals surface area contributed by atoms with Crippen LogP contribution in [-0.2, 0) is 6.67 Å². The van der Waals surface area contributed by atoms with Crippen molar-refractivity contribution in [2.45, 2.75) is 19.5 Å². The Kier molecular flexibility index (Phi) is 5.57. The van der Waals surface area contributed by atoms with Crippen molar-refractivity contribution in [1.29, 1.82) is 0 Å². The summed E-state index contributed by atoms with van der Waals surface area (Å²) < 4.78 is 12.4. The third-order valence-corrected chi connectivity index (χ3v) is 5.81. The fraction of sp³-hybridized carbons (Fsp3) is 0.421. The number of piperidine rings is 1. The summed E-state index contributed by atoms with van der Waals surface area (Å²) in [5.41, 5.74) is 0.230. The summed E-state index contributed by atoms with van der Waals surface area (Å²) in [4.78, 5) is 27.1. The van der Waals surface area contributed by atoms with Crippen LogP contribution in [0.3, 0.4) is 0 Å². The first-order valence-corrected chi connectivity index (χ1v) is 9.86. The highest BCUT2D eigenvalue weighted by Crippen LogP contribution is 2.32. The van der Waals surface area contributed by atoms with Gasteiger partial charge < -0.3 is 9.47 Å². The van der Waals surface area contributed by atoms with Crippen LogP contribution in [0.5, 0.6) is 11.5 Å². The third kappa shape index (κ3) is 3.87. The molecule has 0 bridgehead atoms. The van der Waals surface area contributed by atoms with Gasteiger partial charge in [0.2, 0.25) is 0 Å². The Balaban J connectivity index is 1.38. The minimum atomic E-state index is -0.413. The molecule has 148 valence electrons. The number of fused-ring (bicyclic) bond motifs is 1. The van der Waals surface area contributed by atoms with Crippen LogP contribution in [0.2, 0.25) is 10.0 Å². The summed E-state index contributed by atoms with van der Waals surface area (Å²) in [5, 5.41) is 4.15. The van der Waals surface area contributed by atoms with Gasteiger partial charge in [-0.1, -0.05) is 23.2 Å². The standard InChI is InChI=1S/C19H19Cl2N3O4/c20-14-10-22-24(19(26)17(14)21)11-23-5-3-12(4-6-23)18(25)13-1-2-15-16(9-13)28-8-7-27-15/h1-2,9-10,12H,3-8,11H2. The number of nitrogens with zero attached hydrogens (tertiary/aromatic N) is 3. The number of halogens is 2. The van der Waals surface area contributed by atoms with E-state index in [-0.39, 0.29) is 21.7 Å². The van der Waals surface area contributed by atoms with Gasteiger partial charge in [-0.05, 0) is 31.0 Å². The second-order valence-corrected chi connectivity index (χ2v) is 7.65. The quantitative estimate of drug-likeness (QED) is 0.703. The van der Waals surface area contributed by atoms with E-state index < -0.39 is 5.56 Å². The number of carbonyl (C=O) groups excluding carboxylic acids is 1. The molecule has 0 amide bonds. The normalized spacial score (nSPS) is 17.5. The molecule has 1 fully saturated rings. The summed E-state index contributed by atoms with van der Waals surface area (Å²) in [6.45, 7) is 2.71. The molecule has 1 saturated heterocycles. The van der Waals surface area contributed by atoms with Gasteiger partial charge in [-0.25, -0.2) is 4.68 Å². The fourth-order valence-corrected chi connectivity index (χ4v) is 3.77. The Morgan fingerprint density at radius 2 is 1.86 bits per heavy atom. The molecule has 9 heteroatoms. The van der Waals surface area contributed by atoms with Gasteiger partial charge in [0.25, 0.3) is 5.56 Å². The number of likely N-dealkylation sites (tertiary alicyclic amines) is 1. The molecule has 0 aliphatic carbocycles. The van der Waals surface area contributed by atoms with Crippen molar-refractivity contribution >= 4 is 29.0 Å². The average molecular weight is 424 g/mol. The number of rotatable bonds is 4. The summed E-state index contributed by atoms with van der Waals surface area (Å²) >= 11 is 11.7. The van der Waals surface area contributed by atoms with E-state index in [1.807, 2.05) is 0 Å². The SMILES string of the molecule is O=C(c1ccc2c(c1)OCCO2)C1CCN(Cn2ncc(Cl)c(Cl)c2=O)CC1. The summed E-state index contributed by atoms with van der Waals surface area (Å²) in [6.07, 6.45) is 2.79. The molecular formula is C19H19Cl2N3O4. The minimum Gasteiger partial charge on any atom is -0.486 e. The van der Waals surface area contributed by atoms with Crippen molar-refractivity contribution < 1.29 is 14.3 Å². The molecule has 0 radical (unpaired) electrons. The second-order valence-electron chi connectivity index (χ2n) is 6.87. The van der Waals surface area contributed by atoms with Crippen molar-refractivity contribution in [3.05, 3.63) is 50.4 Å². The lowest BCUT2D eigenvalue weighted by Crippen LogP contribution is -2.40. The summed E-state index contributed by atoms with van der Waals surface area (Å²) in [6, 6.07) is 5.35. The van der Waals surface area contributed by atoms with Crippen molar-refractivity contribution in [2.24, 2.45) is 5.92 Å². The van der Waals surface area contributed by atoms with E-state index in [0.29, 0.717) is 62.9 Å². The van der Waals surface area contributed by atoms with Crippen LogP contribution in [0.15, 0.2) is 29.2 Å². The highest BCUT2D eigenvalue weighted by molar-refractivity contribution is 6.41. The van der Waals surface area contributed by atoms with Crippen molar-refractivity contribution in [3.8, 4) is 11.5 Å². The lowest BCUT2D eigenvalue weighted by molar-refractivity contribution is 0.0800. The molecule has 1 aromatic carbocycles. The zero-order valence-electron chi connectivity index (χ0n) is 15.1. The summed E-state index contributed by atoms with van der Waals surface area (Å²) in [7, 11) is 0. The molecular weight excluding hydrogens is 405 g/mol. The van der Waals surface area contributed by atoms with E-state index in [2.05, 4.69) is 10.00 Å². The maximum Gasteiger partial charge on any atom is 0.288 e. The molecule has 4 rings (SSSR count). The highest BCUT2D eigenvalue weighted by atomic mass is 35.5. The number of aromatic nitrogens is 2. The Morgan fingerprint density at radius 3 is 2.61 bits per heavy atom. The van der Waals surface area contributed by atoms with Gasteiger partial charge in [-0.2, -0.15) is 5.10 Å². The number of hydrogen-bond acceptors (Lipinski definition) is 6. The molecule has 0 N–H and O–H groups in total. The van der Waals surface area contributed by atoms with E-state index in [0.717, 1.165) is 0 Å². The maximum atomic E-state index is 12.9. The third-order valence-electron chi connectivity index (χ3n) is 5.06. The van der Waals surface area contributed by atoms with Crippen LogP contribution in [0.4, 0.5) is 0 Å². The molecule has 2 aliphatic heterocycles. The lowest BCUT2D eigenvalue weighted by atomic mass is 9.89. The van der Waals surface area contributed by atoms with Gasteiger partial charge in [0.15, 0.2) is 17.3 Å². The number of Topliss-reactive ketones (excluding diaryl/α,β-unsaturated/α-hetero) is 1. The predicted octanol–water partition coefficient (Wildman–Crippen LogP) is 2.87. The first-order chi connectivity index (χ1) is 13.5. The molecule has 28 heavy (non-hydrogen) atoms. The minimum absolute atomic E-state index is 0.0275. The van der Waals surface area contributed by atoms with E-state index >= 15 is 0 Å². The van der Waals surface area contributed by atoms with Crippen LogP contribution >= 0.6 is 23.2 Å². The number of hydrogen-bond donors (Lipinski definition) is 0. The Labute approximate surface area is 171 Å². The van der Waals surface area contributed by atoms with Gasteiger partial charge in [-0.15, -0.1) is 0 Å². The Morgan fingerprint density at radius 1 is 1.14 bits per heavy atom. The van der Waals surface area contributed by atoms with Crippen LogP contribution in [0, 0.1) is 5.92 Å². The smallest absolute Gasteiger partial charge is 0.288 e. The van der Waals surface area contributed by atoms with E-state index in [4.69, 9.17) is 32.7 Å². The van der Waals surface area contributed by atoms with E-state index in [1.54, 1.807) is 18.2 Å². The first-order valence-electron chi connectivity index (χ1n) is 9.10. The molecule has 3 heterocycles. The zero-order chi connectivity index (χ0) is 19.7. The molecule has 0 spiro atoms. The largest absolute Gasteiger partial charge is 0.486 e. The maximum absolute atomic E-state index is 12.9. The summed E-state index contributed by atoms with van der Waals surface area (Å²) in [5.74, 6) is 1.36. The number of ketones is 1. The molecule has 0 unspecified atom stereocenters. The number of carbonyl (C=O) groups is 1. The monoisotopic (exact) mass is 423 g/mol. The Bertz CT molecular complexity index is 955. The molecule has 0 atom stereocenters. The number of benzene rings is 1. The van der Waals surface area contributed by atoms with Crippen LogP contribution in [0.1, 0.15) is 23.2 Å². The van der Waals surface area contributed by atoms with Crippen molar-refractivity contribution in [1.82, 2.24) is 14.7 Å².